The Morgan fingerprint density at radius 3 is 2.62 bits per heavy atom. The fourth-order valence-electron chi connectivity index (χ4n) is 3.26. The van der Waals surface area contributed by atoms with Crippen LogP contribution in [-0.2, 0) is 4.79 Å². The molecular formula is C23H24ClN3O2. The van der Waals surface area contributed by atoms with E-state index in [1.165, 1.54) is 11.1 Å². The summed E-state index contributed by atoms with van der Waals surface area (Å²) in [7, 11) is 0. The van der Waals surface area contributed by atoms with Crippen molar-refractivity contribution < 1.29 is 9.53 Å². The molecule has 0 fully saturated rings. The third-order valence-corrected chi connectivity index (χ3v) is 4.96. The summed E-state index contributed by atoms with van der Waals surface area (Å²) in [5, 5.41) is 4.53. The summed E-state index contributed by atoms with van der Waals surface area (Å²) < 4.78 is 7.60. The van der Waals surface area contributed by atoms with Gasteiger partial charge < -0.3 is 9.30 Å². The molecule has 0 aliphatic carbocycles. The Bertz CT molecular complexity index is 1070. The molecule has 1 amide bonds. The summed E-state index contributed by atoms with van der Waals surface area (Å²) in [5.74, 6) is 0.106. The first-order valence-electron chi connectivity index (χ1n) is 9.32. The molecule has 29 heavy (non-hydrogen) atoms. The number of amides is 1. The molecule has 0 saturated heterocycles. The third-order valence-electron chi connectivity index (χ3n) is 4.65. The normalized spacial score (nSPS) is 11.1. The second kappa shape index (κ2) is 8.97. The molecule has 0 aliphatic heterocycles. The van der Waals surface area contributed by atoms with E-state index in [9.17, 15) is 4.79 Å². The Hall–Kier alpha value is -3.05. The number of hydrogen-bond donors (Lipinski definition) is 1. The number of nitrogens with zero attached hydrogens (tertiary/aromatic N) is 2. The molecular weight excluding hydrogens is 386 g/mol. The molecule has 0 bridgehead atoms. The Morgan fingerprint density at radius 1 is 1.14 bits per heavy atom. The first kappa shape index (κ1) is 20.7. The zero-order valence-corrected chi connectivity index (χ0v) is 17.7. The van der Waals surface area contributed by atoms with E-state index in [2.05, 4.69) is 54.1 Å². The van der Waals surface area contributed by atoms with Gasteiger partial charge in [-0.2, -0.15) is 5.10 Å². The Kier molecular flexibility index (Phi) is 6.39. The number of nitrogens with one attached hydrogen (secondary N) is 1. The molecule has 1 aromatic heterocycles. The highest BCUT2D eigenvalue weighted by atomic mass is 35.5. The lowest BCUT2D eigenvalue weighted by molar-refractivity contribution is -0.123. The quantitative estimate of drug-likeness (QED) is 0.465. The van der Waals surface area contributed by atoms with Crippen LogP contribution in [0.25, 0.3) is 5.69 Å². The molecule has 0 radical (unpaired) electrons. The predicted molar refractivity (Wildman–Crippen MR) is 117 cm³/mol. The van der Waals surface area contributed by atoms with Gasteiger partial charge in [0.25, 0.3) is 5.91 Å². The molecule has 0 aliphatic rings. The number of para-hydroxylation sites is 1. The van der Waals surface area contributed by atoms with E-state index in [4.69, 9.17) is 16.3 Å². The van der Waals surface area contributed by atoms with Crippen molar-refractivity contribution in [1.82, 2.24) is 9.99 Å². The summed E-state index contributed by atoms with van der Waals surface area (Å²) in [6.45, 7) is 8.12. The Labute approximate surface area is 176 Å². The van der Waals surface area contributed by atoms with E-state index in [0.717, 1.165) is 22.6 Å². The number of rotatable bonds is 6. The van der Waals surface area contributed by atoms with Gasteiger partial charge in [0, 0.05) is 22.6 Å². The first-order chi connectivity index (χ1) is 13.9. The fraction of sp³-hybridized carbons (Fsp3) is 0.217. The van der Waals surface area contributed by atoms with Crippen LogP contribution in [0.2, 0.25) is 5.02 Å². The average Bonchev–Trinajstić information content (AvgIpc) is 2.95. The summed E-state index contributed by atoms with van der Waals surface area (Å²) in [5.41, 5.74) is 9.17. The van der Waals surface area contributed by atoms with E-state index >= 15 is 0 Å². The van der Waals surface area contributed by atoms with Crippen molar-refractivity contribution in [2.24, 2.45) is 5.10 Å². The SMILES string of the molecule is Cc1ccc(-n2c(C)cc(/C=N/NC(=O)COc3ccccc3Cl)c2C)c(C)c1. The highest BCUT2D eigenvalue weighted by molar-refractivity contribution is 6.32. The van der Waals surface area contributed by atoms with Gasteiger partial charge in [-0.05, 0) is 57.5 Å². The number of carbonyl (C=O) groups excluding carboxylic acids is 1. The lowest BCUT2D eigenvalue weighted by Gasteiger charge is -2.13. The van der Waals surface area contributed by atoms with Crippen LogP contribution in [0.15, 0.2) is 53.6 Å². The van der Waals surface area contributed by atoms with Crippen LogP contribution in [0.1, 0.15) is 28.1 Å². The van der Waals surface area contributed by atoms with Gasteiger partial charge in [0.2, 0.25) is 0 Å². The molecule has 0 saturated carbocycles. The van der Waals surface area contributed by atoms with Gasteiger partial charge in [-0.25, -0.2) is 5.43 Å². The van der Waals surface area contributed by atoms with Crippen LogP contribution < -0.4 is 10.2 Å². The van der Waals surface area contributed by atoms with Crippen molar-refractivity contribution in [1.29, 1.82) is 0 Å². The highest BCUT2D eigenvalue weighted by Gasteiger charge is 2.11. The number of aryl methyl sites for hydroxylation is 3. The van der Waals surface area contributed by atoms with E-state index in [1.807, 2.05) is 13.0 Å². The van der Waals surface area contributed by atoms with Crippen LogP contribution in [0.3, 0.4) is 0 Å². The third kappa shape index (κ3) is 4.87. The van der Waals surface area contributed by atoms with Gasteiger partial charge in [0.05, 0.1) is 11.2 Å². The zero-order valence-electron chi connectivity index (χ0n) is 17.0. The van der Waals surface area contributed by atoms with E-state index in [0.29, 0.717) is 10.8 Å². The predicted octanol–water partition coefficient (Wildman–Crippen LogP) is 4.89. The minimum Gasteiger partial charge on any atom is -0.482 e. The van der Waals surface area contributed by atoms with E-state index in [1.54, 1.807) is 30.5 Å². The number of aromatic nitrogens is 1. The number of carbonyl (C=O) groups is 1. The smallest absolute Gasteiger partial charge is 0.277 e. The van der Waals surface area contributed by atoms with Gasteiger partial charge in [-0.3, -0.25) is 4.79 Å². The molecule has 2 aromatic carbocycles. The maximum absolute atomic E-state index is 12.0. The van der Waals surface area contributed by atoms with Gasteiger partial charge >= 0.3 is 0 Å². The van der Waals surface area contributed by atoms with Crippen molar-refractivity contribution in [3.63, 3.8) is 0 Å². The monoisotopic (exact) mass is 409 g/mol. The fourth-order valence-corrected chi connectivity index (χ4v) is 3.45. The second-order valence-corrected chi connectivity index (χ2v) is 7.37. The molecule has 0 atom stereocenters. The largest absolute Gasteiger partial charge is 0.482 e. The number of hydrazone groups is 1. The minimum atomic E-state index is -0.357. The molecule has 1 N–H and O–H groups in total. The van der Waals surface area contributed by atoms with Crippen LogP contribution in [0.4, 0.5) is 0 Å². The zero-order chi connectivity index (χ0) is 21.0. The van der Waals surface area contributed by atoms with Crippen molar-refractivity contribution in [2.45, 2.75) is 27.7 Å². The van der Waals surface area contributed by atoms with E-state index < -0.39 is 0 Å². The van der Waals surface area contributed by atoms with Gasteiger partial charge in [-0.1, -0.05) is 41.4 Å². The van der Waals surface area contributed by atoms with E-state index in [-0.39, 0.29) is 12.5 Å². The Balaban J connectivity index is 1.67. The minimum absolute atomic E-state index is 0.164. The number of halogens is 1. The maximum atomic E-state index is 12.0. The summed E-state index contributed by atoms with van der Waals surface area (Å²) in [6.07, 6.45) is 1.65. The molecule has 150 valence electrons. The molecule has 0 spiro atoms. The van der Waals surface area contributed by atoms with Crippen molar-refractivity contribution in [2.75, 3.05) is 6.61 Å². The lowest BCUT2D eigenvalue weighted by atomic mass is 10.1. The number of ether oxygens (including phenoxy) is 1. The summed E-state index contributed by atoms with van der Waals surface area (Å²) in [6, 6.07) is 15.5. The van der Waals surface area contributed by atoms with Crippen molar-refractivity contribution in [3.05, 3.63) is 81.6 Å². The summed E-state index contributed by atoms with van der Waals surface area (Å²) in [4.78, 5) is 12.0. The van der Waals surface area contributed by atoms with Crippen LogP contribution in [-0.4, -0.2) is 23.3 Å². The van der Waals surface area contributed by atoms with Crippen LogP contribution in [0, 0.1) is 27.7 Å². The average molecular weight is 410 g/mol. The van der Waals surface area contributed by atoms with Crippen molar-refractivity contribution >= 4 is 23.7 Å². The first-order valence-corrected chi connectivity index (χ1v) is 9.70. The topological polar surface area (TPSA) is 55.6 Å². The van der Waals surface area contributed by atoms with Crippen LogP contribution >= 0.6 is 11.6 Å². The standard InChI is InChI=1S/C23H24ClN3O2/c1-15-9-10-21(16(2)11-15)27-17(3)12-19(18(27)4)13-25-26-23(28)14-29-22-8-6-5-7-20(22)24/h5-13H,14H2,1-4H3,(H,26,28)/b25-13+. The maximum Gasteiger partial charge on any atom is 0.277 e. The molecule has 3 aromatic rings. The van der Waals surface area contributed by atoms with Crippen LogP contribution in [0.5, 0.6) is 5.75 Å². The van der Waals surface area contributed by atoms with Gasteiger partial charge in [0.15, 0.2) is 6.61 Å². The molecule has 3 rings (SSSR count). The lowest BCUT2D eigenvalue weighted by Crippen LogP contribution is -2.24. The van der Waals surface area contributed by atoms with Crippen molar-refractivity contribution in [3.8, 4) is 11.4 Å². The number of hydrogen-bond acceptors (Lipinski definition) is 3. The molecule has 6 heteroatoms. The summed E-state index contributed by atoms with van der Waals surface area (Å²) >= 11 is 6.01. The molecule has 1 heterocycles. The Morgan fingerprint density at radius 2 is 1.90 bits per heavy atom. The van der Waals surface area contributed by atoms with Gasteiger partial charge in [-0.15, -0.1) is 0 Å². The highest BCUT2D eigenvalue weighted by Crippen LogP contribution is 2.24. The van der Waals surface area contributed by atoms with Gasteiger partial charge in [0.1, 0.15) is 5.75 Å². The molecule has 0 unspecified atom stereocenters. The number of benzene rings is 2. The second-order valence-electron chi connectivity index (χ2n) is 6.96. The molecule has 5 nitrogen and oxygen atoms in total.